The Kier molecular flexibility index (Phi) is 5.22. The summed E-state index contributed by atoms with van der Waals surface area (Å²) in [6.07, 6.45) is 1.43. The van der Waals surface area contributed by atoms with Crippen molar-refractivity contribution in [1.82, 2.24) is 15.5 Å². The predicted octanol–water partition coefficient (Wildman–Crippen LogP) is 1.27. The second kappa shape index (κ2) is 7.26. The average Bonchev–Trinajstić information content (AvgIpc) is 3.18. The van der Waals surface area contributed by atoms with Crippen molar-refractivity contribution in [3.05, 3.63) is 41.2 Å². The second-order valence-corrected chi connectivity index (χ2v) is 8.22. The van der Waals surface area contributed by atoms with Crippen LogP contribution in [0.2, 0.25) is 0 Å². The minimum Gasteiger partial charge on any atom is -0.321 e. The van der Waals surface area contributed by atoms with Crippen LogP contribution in [0.4, 0.5) is 11.4 Å². The molecule has 2 aliphatic heterocycles. The van der Waals surface area contributed by atoms with E-state index in [1.165, 1.54) is 4.31 Å². The van der Waals surface area contributed by atoms with Gasteiger partial charge in [0.1, 0.15) is 0 Å². The summed E-state index contributed by atoms with van der Waals surface area (Å²) in [6.45, 7) is 1.95. The zero-order valence-electron chi connectivity index (χ0n) is 14.0. The van der Waals surface area contributed by atoms with E-state index in [0.717, 1.165) is 24.2 Å². The first-order chi connectivity index (χ1) is 12.0. The van der Waals surface area contributed by atoms with E-state index in [1.807, 2.05) is 0 Å². The lowest BCUT2D eigenvalue weighted by molar-refractivity contribution is 0.102. The van der Waals surface area contributed by atoms with Crippen molar-refractivity contribution in [3.63, 3.8) is 0 Å². The van der Waals surface area contributed by atoms with Crippen molar-refractivity contribution in [3.8, 4) is 0 Å². The molecule has 1 aromatic carbocycles. The predicted molar refractivity (Wildman–Crippen MR) is 101 cm³/mol. The normalized spacial score (nSPS) is 18.1. The van der Waals surface area contributed by atoms with Crippen molar-refractivity contribution < 1.29 is 13.2 Å². The number of halogens is 1. The third-order valence-electron chi connectivity index (χ3n) is 4.51. The van der Waals surface area contributed by atoms with Gasteiger partial charge in [0.05, 0.1) is 11.4 Å². The quantitative estimate of drug-likeness (QED) is 0.723. The summed E-state index contributed by atoms with van der Waals surface area (Å²) in [6, 6.07) is 6.89. The summed E-state index contributed by atoms with van der Waals surface area (Å²) in [5.74, 6) is -0.140. The fourth-order valence-electron chi connectivity index (χ4n) is 3.27. The number of H-pyrrole nitrogens is 1. The summed E-state index contributed by atoms with van der Waals surface area (Å²) in [5, 5.41) is 13.1. The number of nitrogens with one attached hydrogen (secondary N) is 3. The standard InChI is InChI=1S/C16H19N5O3S.ClH/c22-16(15-13-10-17-6-5-14(13)19-20-15)18-11-3-1-4-12(9-11)21-7-2-8-25(21,23)24;/h1,3-4,9,17H,2,5-8,10H2,(H,18,22)(H,19,20);1H. The van der Waals surface area contributed by atoms with E-state index in [9.17, 15) is 13.2 Å². The Morgan fingerprint density at radius 1 is 1.31 bits per heavy atom. The average molecular weight is 398 g/mol. The van der Waals surface area contributed by atoms with Crippen LogP contribution in [0.1, 0.15) is 28.2 Å². The molecule has 0 unspecified atom stereocenters. The number of anilines is 2. The largest absolute Gasteiger partial charge is 0.321 e. The molecular formula is C16H20ClN5O3S. The van der Waals surface area contributed by atoms with Gasteiger partial charge in [0.2, 0.25) is 10.0 Å². The van der Waals surface area contributed by atoms with E-state index in [4.69, 9.17) is 0 Å². The van der Waals surface area contributed by atoms with Crippen LogP contribution in [-0.4, -0.2) is 43.4 Å². The first kappa shape index (κ1) is 18.7. The van der Waals surface area contributed by atoms with E-state index in [-0.39, 0.29) is 24.1 Å². The first-order valence-electron chi connectivity index (χ1n) is 8.23. The molecule has 2 aromatic rings. The maximum Gasteiger partial charge on any atom is 0.276 e. The number of aromatic nitrogens is 2. The highest BCUT2D eigenvalue weighted by atomic mass is 35.5. The molecule has 140 valence electrons. The first-order valence-corrected chi connectivity index (χ1v) is 9.84. The highest BCUT2D eigenvalue weighted by Gasteiger charge is 2.28. The zero-order valence-corrected chi connectivity index (χ0v) is 15.6. The van der Waals surface area contributed by atoms with Gasteiger partial charge in [-0.3, -0.25) is 14.2 Å². The highest BCUT2D eigenvalue weighted by molar-refractivity contribution is 7.93. The molecule has 0 aliphatic carbocycles. The molecule has 0 atom stereocenters. The Labute approximate surface area is 157 Å². The molecule has 1 saturated heterocycles. The Hall–Kier alpha value is -2.10. The van der Waals surface area contributed by atoms with Crippen LogP contribution in [0.5, 0.6) is 0 Å². The second-order valence-electron chi connectivity index (χ2n) is 6.20. The monoisotopic (exact) mass is 397 g/mol. The minimum absolute atomic E-state index is 0. The van der Waals surface area contributed by atoms with Crippen LogP contribution in [0.15, 0.2) is 24.3 Å². The van der Waals surface area contributed by atoms with Crippen LogP contribution in [-0.2, 0) is 23.0 Å². The molecule has 3 N–H and O–H groups in total. The summed E-state index contributed by atoms with van der Waals surface area (Å²) >= 11 is 0. The minimum atomic E-state index is -3.25. The molecule has 26 heavy (non-hydrogen) atoms. The van der Waals surface area contributed by atoms with Gasteiger partial charge in [-0.2, -0.15) is 5.10 Å². The third-order valence-corrected chi connectivity index (χ3v) is 6.38. The van der Waals surface area contributed by atoms with E-state index < -0.39 is 10.0 Å². The zero-order chi connectivity index (χ0) is 17.4. The molecule has 0 radical (unpaired) electrons. The number of hydrogen-bond donors (Lipinski definition) is 3. The third kappa shape index (κ3) is 3.42. The van der Waals surface area contributed by atoms with Gasteiger partial charge in [0.15, 0.2) is 5.69 Å². The summed E-state index contributed by atoms with van der Waals surface area (Å²) < 4.78 is 25.5. The van der Waals surface area contributed by atoms with Crippen molar-refractivity contribution >= 4 is 39.7 Å². The summed E-state index contributed by atoms with van der Waals surface area (Å²) in [7, 11) is -3.25. The molecule has 8 nitrogen and oxygen atoms in total. The molecule has 0 spiro atoms. The number of hydrogen-bond acceptors (Lipinski definition) is 5. The Morgan fingerprint density at radius 2 is 2.15 bits per heavy atom. The van der Waals surface area contributed by atoms with Gasteiger partial charge in [0.25, 0.3) is 5.91 Å². The number of sulfonamides is 1. The maximum absolute atomic E-state index is 12.6. The number of aromatic amines is 1. The van der Waals surface area contributed by atoms with E-state index in [2.05, 4.69) is 20.8 Å². The maximum atomic E-state index is 12.6. The van der Waals surface area contributed by atoms with E-state index in [0.29, 0.717) is 36.6 Å². The number of benzene rings is 1. The fourth-order valence-corrected chi connectivity index (χ4v) is 4.83. The van der Waals surface area contributed by atoms with E-state index in [1.54, 1.807) is 24.3 Å². The van der Waals surface area contributed by atoms with E-state index >= 15 is 0 Å². The molecular weight excluding hydrogens is 378 g/mol. The van der Waals surface area contributed by atoms with Crippen LogP contribution >= 0.6 is 12.4 Å². The van der Waals surface area contributed by atoms with Crippen molar-refractivity contribution in [2.75, 3.05) is 28.5 Å². The van der Waals surface area contributed by atoms with Crippen LogP contribution in [0, 0.1) is 0 Å². The number of nitrogens with zero attached hydrogens (tertiary/aromatic N) is 2. The molecule has 0 bridgehead atoms. The van der Waals surface area contributed by atoms with Crippen molar-refractivity contribution in [1.29, 1.82) is 0 Å². The summed E-state index contributed by atoms with van der Waals surface area (Å²) in [4.78, 5) is 12.6. The Bertz CT molecular complexity index is 928. The lowest BCUT2D eigenvalue weighted by Gasteiger charge is -2.18. The molecule has 1 amide bonds. The number of fused-ring (bicyclic) bond motifs is 1. The molecule has 4 rings (SSSR count). The highest BCUT2D eigenvalue weighted by Crippen LogP contribution is 2.27. The molecule has 0 saturated carbocycles. The lowest BCUT2D eigenvalue weighted by Crippen LogP contribution is -2.26. The summed E-state index contributed by atoms with van der Waals surface area (Å²) in [5.41, 5.74) is 3.37. The molecule has 10 heteroatoms. The van der Waals surface area contributed by atoms with Crippen LogP contribution in [0.3, 0.4) is 0 Å². The Morgan fingerprint density at radius 3 is 2.92 bits per heavy atom. The fraction of sp³-hybridized carbons (Fsp3) is 0.375. The molecule has 1 fully saturated rings. The van der Waals surface area contributed by atoms with Gasteiger partial charge >= 0.3 is 0 Å². The van der Waals surface area contributed by atoms with Gasteiger partial charge in [-0.1, -0.05) is 6.07 Å². The van der Waals surface area contributed by atoms with Gasteiger partial charge < -0.3 is 10.6 Å². The van der Waals surface area contributed by atoms with Crippen LogP contribution < -0.4 is 14.9 Å². The SMILES string of the molecule is Cl.O=C(Nc1cccc(N2CCCS2(=O)=O)c1)c1n[nH]c2c1CNCC2. The lowest BCUT2D eigenvalue weighted by atomic mass is 10.1. The van der Waals surface area contributed by atoms with Gasteiger partial charge in [-0.15, -0.1) is 12.4 Å². The number of rotatable bonds is 3. The van der Waals surface area contributed by atoms with Gasteiger partial charge in [0, 0.05) is 43.0 Å². The van der Waals surface area contributed by atoms with Crippen LogP contribution in [0.25, 0.3) is 0 Å². The number of carbonyl (C=O) groups is 1. The Balaban J connectivity index is 0.00000196. The van der Waals surface area contributed by atoms with Gasteiger partial charge in [-0.25, -0.2) is 8.42 Å². The molecule has 3 heterocycles. The molecule has 2 aliphatic rings. The van der Waals surface area contributed by atoms with Crippen molar-refractivity contribution in [2.24, 2.45) is 0 Å². The molecule has 1 aromatic heterocycles. The van der Waals surface area contributed by atoms with Crippen molar-refractivity contribution in [2.45, 2.75) is 19.4 Å². The topological polar surface area (TPSA) is 107 Å². The smallest absolute Gasteiger partial charge is 0.276 e. The number of amides is 1. The number of carbonyl (C=O) groups excluding carboxylic acids is 1. The van der Waals surface area contributed by atoms with Gasteiger partial charge in [-0.05, 0) is 24.6 Å².